The fourth-order valence-electron chi connectivity index (χ4n) is 3.91. The lowest BCUT2D eigenvalue weighted by atomic mass is 9.93. The molecule has 4 aromatic rings. The van der Waals surface area contributed by atoms with Crippen LogP contribution in [0.4, 0.5) is 16.3 Å². The van der Waals surface area contributed by atoms with E-state index < -0.39 is 6.03 Å². The van der Waals surface area contributed by atoms with Gasteiger partial charge in [-0.3, -0.25) is 10.2 Å². The highest BCUT2D eigenvalue weighted by atomic mass is 16.5. The number of aromatic nitrogens is 4. The summed E-state index contributed by atoms with van der Waals surface area (Å²) in [4.78, 5) is 19.1. The molecule has 39 heavy (non-hydrogen) atoms. The lowest BCUT2D eigenvalue weighted by Crippen LogP contribution is -2.38. The van der Waals surface area contributed by atoms with Crippen molar-refractivity contribution < 1.29 is 18.8 Å². The number of rotatable bonds is 6. The Labute approximate surface area is 226 Å². The maximum atomic E-state index is 12.3. The second-order valence-corrected chi connectivity index (χ2v) is 10.1. The fraction of sp³-hybridized carbons (Fsp3) is 0.357. The Morgan fingerprint density at radius 2 is 1.90 bits per heavy atom. The van der Waals surface area contributed by atoms with Crippen LogP contribution in [0.5, 0.6) is 5.88 Å². The number of anilines is 2. The molecule has 0 unspecified atom stereocenters. The number of benzene rings is 1. The summed E-state index contributed by atoms with van der Waals surface area (Å²) in [5.74, 6) is 7.93. The van der Waals surface area contributed by atoms with Gasteiger partial charge in [0, 0.05) is 54.6 Å². The van der Waals surface area contributed by atoms with Gasteiger partial charge in [0.15, 0.2) is 11.5 Å². The minimum atomic E-state index is -0.414. The van der Waals surface area contributed by atoms with Crippen molar-refractivity contribution in [2.45, 2.75) is 26.2 Å². The number of hydrogen-bond donors (Lipinski definition) is 2. The second kappa shape index (κ2) is 11.6. The average Bonchev–Trinajstić information content (AvgIpc) is 3.57. The SMILES string of the molecule is CC(C)(C)c1cc(NC(=O)Nc2ccc(C#Cc3cnn4c(OCCN5CCOCC5)ccnc34)cc2)no1. The molecule has 0 spiro atoms. The summed E-state index contributed by atoms with van der Waals surface area (Å²) in [6.07, 6.45) is 3.38. The van der Waals surface area contributed by atoms with Crippen molar-refractivity contribution >= 4 is 23.2 Å². The van der Waals surface area contributed by atoms with E-state index in [1.807, 2.05) is 32.9 Å². The molecule has 1 saturated heterocycles. The van der Waals surface area contributed by atoms with Gasteiger partial charge in [-0.1, -0.05) is 37.8 Å². The zero-order valence-corrected chi connectivity index (χ0v) is 22.2. The number of ether oxygens (including phenoxy) is 2. The van der Waals surface area contributed by atoms with E-state index in [0.29, 0.717) is 41.0 Å². The van der Waals surface area contributed by atoms with Crippen molar-refractivity contribution in [2.75, 3.05) is 50.1 Å². The number of hydrogen-bond acceptors (Lipinski definition) is 8. The second-order valence-electron chi connectivity index (χ2n) is 10.1. The highest BCUT2D eigenvalue weighted by Gasteiger charge is 2.20. The fourth-order valence-corrected chi connectivity index (χ4v) is 3.91. The molecule has 0 atom stereocenters. The molecule has 0 radical (unpaired) electrons. The highest BCUT2D eigenvalue weighted by molar-refractivity contribution is 5.99. The predicted octanol–water partition coefficient (Wildman–Crippen LogP) is 3.77. The van der Waals surface area contributed by atoms with E-state index >= 15 is 0 Å². The van der Waals surface area contributed by atoms with Crippen molar-refractivity contribution in [1.29, 1.82) is 0 Å². The Morgan fingerprint density at radius 3 is 2.64 bits per heavy atom. The van der Waals surface area contributed by atoms with E-state index in [2.05, 4.69) is 42.6 Å². The van der Waals surface area contributed by atoms with Crippen LogP contribution in [0.3, 0.4) is 0 Å². The number of carbonyl (C=O) groups excluding carboxylic acids is 1. The zero-order chi connectivity index (χ0) is 27.2. The van der Waals surface area contributed by atoms with Gasteiger partial charge in [0.2, 0.25) is 5.88 Å². The molecular formula is C28H31N7O4. The van der Waals surface area contributed by atoms with Crippen molar-refractivity contribution in [2.24, 2.45) is 0 Å². The number of carbonyl (C=O) groups is 1. The summed E-state index contributed by atoms with van der Waals surface area (Å²) < 4.78 is 18.3. The molecule has 2 amide bonds. The van der Waals surface area contributed by atoms with Gasteiger partial charge in [-0.2, -0.15) is 9.61 Å². The third-order valence-corrected chi connectivity index (χ3v) is 6.10. The first-order chi connectivity index (χ1) is 18.8. The zero-order valence-electron chi connectivity index (χ0n) is 22.2. The van der Waals surface area contributed by atoms with Crippen molar-refractivity contribution in [3.63, 3.8) is 0 Å². The maximum absolute atomic E-state index is 12.3. The normalized spacial score (nSPS) is 14.0. The molecule has 2 N–H and O–H groups in total. The van der Waals surface area contributed by atoms with Crippen molar-refractivity contribution in [1.82, 2.24) is 24.7 Å². The summed E-state index contributed by atoms with van der Waals surface area (Å²) in [6.45, 7) is 10.8. The van der Waals surface area contributed by atoms with E-state index in [0.717, 1.165) is 38.4 Å². The van der Waals surface area contributed by atoms with Gasteiger partial charge in [0.25, 0.3) is 0 Å². The van der Waals surface area contributed by atoms with Gasteiger partial charge < -0.3 is 19.3 Å². The molecule has 0 saturated carbocycles. The highest BCUT2D eigenvalue weighted by Crippen LogP contribution is 2.24. The van der Waals surface area contributed by atoms with Crippen LogP contribution in [0, 0.1) is 11.8 Å². The Bertz CT molecular complexity index is 1490. The number of fused-ring (bicyclic) bond motifs is 1. The summed E-state index contributed by atoms with van der Waals surface area (Å²) in [6, 6.07) is 10.3. The van der Waals surface area contributed by atoms with Gasteiger partial charge in [-0.25, -0.2) is 9.78 Å². The summed E-state index contributed by atoms with van der Waals surface area (Å²) in [5.41, 5.74) is 2.53. The van der Waals surface area contributed by atoms with Crippen LogP contribution in [-0.4, -0.2) is 70.1 Å². The van der Waals surface area contributed by atoms with Crippen molar-refractivity contribution in [3.05, 3.63) is 65.7 Å². The molecule has 1 aromatic carbocycles. The first-order valence-corrected chi connectivity index (χ1v) is 12.8. The third kappa shape index (κ3) is 6.73. The number of nitrogens with zero attached hydrogens (tertiary/aromatic N) is 5. The first kappa shape index (κ1) is 26.2. The molecule has 4 heterocycles. The van der Waals surface area contributed by atoms with Crippen LogP contribution < -0.4 is 15.4 Å². The van der Waals surface area contributed by atoms with Gasteiger partial charge in [-0.15, -0.1) is 0 Å². The Balaban J connectivity index is 1.18. The molecule has 3 aromatic heterocycles. The van der Waals surface area contributed by atoms with Gasteiger partial charge in [0.1, 0.15) is 12.4 Å². The predicted molar refractivity (Wildman–Crippen MR) is 146 cm³/mol. The summed E-state index contributed by atoms with van der Waals surface area (Å²) >= 11 is 0. The number of urea groups is 1. The lowest BCUT2D eigenvalue weighted by molar-refractivity contribution is 0.0318. The quantitative estimate of drug-likeness (QED) is 0.363. The van der Waals surface area contributed by atoms with Gasteiger partial charge in [-0.05, 0) is 24.3 Å². The molecule has 1 fully saturated rings. The Hall–Kier alpha value is -4.40. The molecule has 11 heteroatoms. The summed E-state index contributed by atoms with van der Waals surface area (Å²) in [5, 5.41) is 13.8. The largest absolute Gasteiger partial charge is 0.476 e. The monoisotopic (exact) mass is 529 g/mol. The molecule has 5 rings (SSSR count). The first-order valence-electron chi connectivity index (χ1n) is 12.8. The maximum Gasteiger partial charge on any atom is 0.324 e. The molecule has 0 bridgehead atoms. The van der Waals surface area contributed by atoms with E-state index in [9.17, 15) is 4.79 Å². The molecule has 11 nitrogen and oxygen atoms in total. The summed E-state index contributed by atoms with van der Waals surface area (Å²) in [7, 11) is 0. The minimum absolute atomic E-state index is 0.196. The molecule has 1 aliphatic rings. The number of nitrogens with one attached hydrogen (secondary N) is 2. The standard InChI is InChI=1S/C28H31N7O4/c1-28(2,3)23-18-24(33-39-23)32-27(36)31-22-8-5-20(6-9-22)4-7-21-19-30-35-25(10-11-29-26(21)35)38-17-14-34-12-15-37-16-13-34/h5-6,8-11,18-19H,12-17H2,1-3H3,(H2,31,32,33,36). The van der Waals surface area contributed by atoms with E-state index in [-0.39, 0.29) is 5.41 Å². The molecule has 1 aliphatic heterocycles. The molecule has 202 valence electrons. The van der Waals surface area contributed by atoms with Crippen molar-refractivity contribution in [3.8, 4) is 17.7 Å². The van der Waals surface area contributed by atoms with Crippen LogP contribution in [0.2, 0.25) is 0 Å². The van der Waals surface area contributed by atoms with E-state index in [1.54, 1.807) is 41.2 Å². The number of amides is 2. The van der Waals surface area contributed by atoms with Crippen LogP contribution in [-0.2, 0) is 10.2 Å². The lowest BCUT2D eigenvalue weighted by Gasteiger charge is -2.26. The van der Waals surface area contributed by atoms with Gasteiger partial charge >= 0.3 is 6.03 Å². The van der Waals surface area contributed by atoms with Crippen LogP contribution in [0.15, 0.2) is 53.3 Å². The smallest absolute Gasteiger partial charge is 0.324 e. The van der Waals surface area contributed by atoms with Crippen LogP contribution >= 0.6 is 0 Å². The van der Waals surface area contributed by atoms with Gasteiger partial charge in [0.05, 0.1) is 25.0 Å². The van der Waals surface area contributed by atoms with Crippen LogP contribution in [0.1, 0.15) is 37.7 Å². The Morgan fingerprint density at radius 1 is 1.10 bits per heavy atom. The van der Waals surface area contributed by atoms with E-state index in [4.69, 9.17) is 14.0 Å². The number of morpholine rings is 1. The van der Waals surface area contributed by atoms with Crippen LogP contribution in [0.25, 0.3) is 5.65 Å². The third-order valence-electron chi connectivity index (χ3n) is 6.10. The minimum Gasteiger partial charge on any atom is -0.476 e. The Kier molecular flexibility index (Phi) is 7.76. The molecular weight excluding hydrogens is 498 g/mol. The topological polar surface area (TPSA) is 119 Å². The average molecular weight is 530 g/mol. The van der Waals surface area contributed by atoms with E-state index in [1.165, 1.54) is 0 Å². The molecule has 0 aliphatic carbocycles.